The first-order valence-electron chi connectivity index (χ1n) is 7.31. The molecule has 116 valence electrons. The molecule has 0 aromatic carbocycles. The quantitative estimate of drug-likeness (QED) is 0.800. The molecule has 2 heterocycles. The Bertz CT molecular complexity index is 525. The SMILES string of the molecule is CC1(C)OB(c2cnn(CC3(C(F)F)CC3)c2)OC1(C)C. The van der Waals surface area contributed by atoms with E-state index in [2.05, 4.69) is 5.10 Å². The van der Waals surface area contributed by atoms with Crippen LogP contribution in [0.4, 0.5) is 8.78 Å². The molecule has 0 bridgehead atoms. The first-order chi connectivity index (χ1) is 9.65. The van der Waals surface area contributed by atoms with Crippen molar-refractivity contribution in [3.8, 4) is 0 Å². The molecular formula is C14H21BF2N2O2. The Balaban J connectivity index is 1.72. The zero-order valence-corrected chi connectivity index (χ0v) is 12.9. The molecule has 3 rings (SSSR count). The van der Waals surface area contributed by atoms with Crippen LogP contribution in [0.1, 0.15) is 40.5 Å². The van der Waals surface area contributed by atoms with E-state index < -0.39 is 30.2 Å². The lowest BCUT2D eigenvalue weighted by Crippen LogP contribution is -2.41. The minimum atomic E-state index is -2.29. The van der Waals surface area contributed by atoms with Crippen molar-refractivity contribution in [2.75, 3.05) is 0 Å². The van der Waals surface area contributed by atoms with Crippen LogP contribution in [0, 0.1) is 5.41 Å². The van der Waals surface area contributed by atoms with Gasteiger partial charge in [0.2, 0.25) is 6.43 Å². The summed E-state index contributed by atoms with van der Waals surface area (Å²) in [6.07, 6.45) is 2.24. The highest BCUT2D eigenvalue weighted by Crippen LogP contribution is 2.51. The standard InChI is InChI=1S/C14H21BF2N2O2/c1-12(2)13(3,4)21-15(20-12)10-7-18-19(8-10)9-14(5-6-14)11(16)17/h7-8,11H,5-6,9H2,1-4H3. The number of aromatic nitrogens is 2. The maximum Gasteiger partial charge on any atom is 0.498 e. The third-order valence-corrected chi connectivity index (χ3v) is 5.01. The third-order valence-electron chi connectivity index (χ3n) is 5.01. The van der Waals surface area contributed by atoms with Crippen molar-refractivity contribution < 1.29 is 18.1 Å². The average Bonchev–Trinajstić information content (AvgIpc) is 2.91. The van der Waals surface area contributed by atoms with Gasteiger partial charge in [0.1, 0.15) is 0 Å². The molecule has 0 amide bonds. The lowest BCUT2D eigenvalue weighted by molar-refractivity contribution is 0.00578. The Morgan fingerprint density at radius 2 is 1.81 bits per heavy atom. The average molecular weight is 298 g/mol. The molecular weight excluding hydrogens is 277 g/mol. The Morgan fingerprint density at radius 1 is 1.24 bits per heavy atom. The Labute approximate surface area is 123 Å². The van der Waals surface area contributed by atoms with Crippen LogP contribution < -0.4 is 5.46 Å². The lowest BCUT2D eigenvalue weighted by Gasteiger charge is -2.32. The molecule has 0 radical (unpaired) electrons. The van der Waals surface area contributed by atoms with E-state index in [1.165, 1.54) is 0 Å². The Kier molecular flexibility index (Phi) is 3.22. The minimum Gasteiger partial charge on any atom is -0.399 e. The molecule has 0 atom stereocenters. The molecule has 1 aromatic heterocycles. The van der Waals surface area contributed by atoms with E-state index >= 15 is 0 Å². The zero-order chi connectivity index (χ0) is 15.5. The molecule has 1 aromatic rings. The molecule has 7 heteroatoms. The number of hydrogen-bond donors (Lipinski definition) is 0. The van der Waals surface area contributed by atoms with Gasteiger partial charge in [-0.3, -0.25) is 4.68 Å². The Hall–Kier alpha value is -0.945. The summed E-state index contributed by atoms with van der Waals surface area (Å²) < 4.78 is 39.4. The molecule has 0 unspecified atom stereocenters. The molecule has 1 aliphatic carbocycles. The van der Waals surface area contributed by atoms with Crippen molar-refractivity contribution in [3.63, 3.8) is 0 Å². The van der Waals surface area contributed by atoms with Gasteiger partial charge in [0.15, 0.2) is 0 Å². The number of hydrogen-bond acceptors (Lipinski definition) is 3. The van der Waals surface area contributed by atoms with Gasteiger partial charge in [-0.25, -0.2) is 8.78 Å². The smallest absolute Gasteiger partial charge is 0.399 e. The van der Waals surface area contributed by atoms with Crippen molar-refractivity contribution in [2.45, 2.75) is 64.7 Å². The van der Waals surface area contributed by atoms with Crippen LogP contribution in [0.2, 0.25) is 0 Å². The summed E-state index contributed by atoms with van der Waals surface area (Å²) >= 11 is 0. The van der Waals surface area contributed by atoms with Crippen molar-refractivity contribution in [1.29, 1.82) is 0 Å². The summed E-state index contributed by atoms with van der Waals surface area (Å²) in [5.41, 5.74) is -0.932. The lowest BCUT2D eigenvalue weighted by atomic mass is 9.82. The van der Waals surface area contributed by atoms with Crippen LogP contribution in [0.15, 0.2) is 12.4 Å². The first kappa shape index (κ1) is 15.0. The van der Waals surface area contributed by atoms with Gasteiger partial charge in [-0.2, -0.15) is 5.10 Å². The summed E-state index contributed by atoms with van der Waals surface area (Å²) in [5.74, 6) is 0. The predicted octanol–water partition coefficient (Wildman–Crippen LogP) is 2.23. The van der Waals surface area contributed by atoms with E-state index in [9.17, 15) is 8.78 Å². The maximum absolute atomic E-state index is 13.0. The summed E-state index contributed by atoms with van der Waals surface area (Å²) in [4.78, 5) is 0. The summed E-state index contributed by atoms with van der Waals surface area (Å²) in [6.45, 7) is 8.17. The second-order valence-corrected chi connectivity index (χ2v) is 7.22. The molecule has 1 aliphatic heterocycles. The predicted molar refractivity (Wildman–Crippen MR) is 75.6 cm³/mol. The van der Waals surface area contributed by atoms with Crippen molar-refractivity contribution >= 4 is 12.6 Å². The zero-order valence-electron chi connectivity index (χ0n) is 12.9. The van der Waals surface area contributed by atoms with Gasteiger partial charge in [-0.1, -0.05) is 0 Å². The van der Waals surface area contributed by atoms with Crippen LogP contribution in [-0.4, -0.2) is 34.5 Å². The molecule has 0 N–H and O–H groups in total. The second kappa shape index (κ2) is 4.52. The minimum absolute atomic E-state index is 0.254. The Morgan fingerprint density at radius 3 is 2.29 bits per heavy atom. The van der Waals surface area contributed by atoms with Crippen LogP contribution in [0.3, 0.4) is 0 Å². The van der Waals surface area contributed by atoms with E-state index in [1.807, 2.05) is 27.7 Å². The van der Waals surface area contributed by atoms with Crippen LogP contribution in [-0.2, 0) is 15.9 Å². The fourth-order valence-electron chi connectivity index (χ4n) is 2.50. The molecule has 1 saturated carbocycles. The summed E-state index contributed by atoms with van der Waals surface area (Å²) in [6, 6.07) is 0. The van der Waals surface area contributed by atoms with Gasteiger partial charge in [0.25, 0.3) is 0 Å². The monoisotopic (exact) mass is 298 g/mol. The highest BCUT2D eigenvalue weighted by atomic mass is 19.3. The largest absolute Gasteiger partial charge is 0.498 e. The van der Waals surface area contributed by atoms with E-state index in [0.29, 0.717) is 12.8 Å². The fourth-order valence-corrected chi connectivity index (χ4v) is 2.50. The van der Waals surface area contributed by atoms with Gasteiger partial charge >= 0.3 is 7.12 Å². The van der Waals surface area contributed by atoms with Crippen molar-refractivity contribution in [3.05, 3.63) is 12.4 Å². The molecule has 4 nitrogen and oxygen atoms in total. The molecule has 21 heavy (non-hydrogen) atoms. The molecule has 2 aliphatic rings. The first-order valence-corrected chi connectivity index (χ1v) is 7.31. The van der Waals surface area contributed by atoms with E-state index in [-0.39, 0.29) is 6.54 Å². The summed E-state index contributed by atoms with van der Waals surface area (Å²) in [5, 5.41) is 4.19. The van der Waals surface area contributed by atoms with E-state index in [4.69, 9.17) is 9.31 Å². The van der Waals surface area contributed by atoms with Gasteiger partial charge in [0.05, 0.1) is 23.2 Å². The van der Waals surface area contributed by atoms with Gasteiger partial charge in [0, 0.05) is 17.9 Å². The van der Waals surface area contributed by atoms with Crippen LogP contribution in [0.25, 0.3) is 0 Å². The number of nitrogens with zero attached hydrogens (tertiary/aromatic N) is 2. The van der Waals surface area contributed by atoms with Gasteiger partial charge < -0.3 is 9.31 Å². The molecule has 2 fully saturated rings. The second-order valence-electron chi connectivity index (χ2n) is 7.22. The third kappa shape index (κ3) is 2.50. The number of rotatable bonds is 4. The van der Waals surface area contributed by atoms with E-state index in [1.54, 1.807) is 17.1 Å². The van der Waals surface area contributed by atoms with Crippen LogP contribution in [0.5, 0.6) is 0 Å². The maximum atomic E-state index is 13.0. The number of alkyl halides is 2. The topological polar surface area (TPSA) is 36.3 Å². The van der Waals surface area contributed by atoms with E-state index in [0.717, 1.165) is 5.46 Å². The fraction of sp³-hybridized carbons (Fsp3) is 0.786. The van der Waals surface area contributed by atoms with Crippen molar-refractivity contribution in [1.82, 2.24) is 9.78 Å². The van der Waals surface area contributed by atoms with Crippen LogP contribution >= 0.6 is 0 Å². The van der Waals surface area contributed by atoms with Gasteiger partial charge in [-0.05, 0) is 40.5 Å². The summed E-state index contributed by atoms with van der Waals surface area (Å²) in [7, 11) is -0.495. The highest BCUT2D eigenvalue weighted by molar-refractivity contribution is 6.61. The normalized spacial score (nSPS) is 25.6. The van der Waals surface area contributed by atoms with Crippen molar-refractivity contribution in [2.24, 2.45) is 5.41 Å². The molecule has 0 spiro atoms. The van der Waals surface area contributed by atoms with Gasteiger partial charge in [-0.15, -0.1) is 0 Å². The molecule has 1 saturated heterocycles. The highest BCUT2D eigenvalue weighted by Gasteiger charge is 2.53. The number of halogens is 2.